The molecule has 0 atom stereocenters. The van der Waals surface area contributed by atoms with Gasteiger partial charge in [-0.05, 0) is 12.5 Å². The Bertz CT molecular complexity index is 342. The highest BCUT2D eigenvalue weighted by Crippen LogP contribution is 2.24. The predicted molar refractivity (Wildman–Crippen MR) is 72.4 cm³/mol. The van der Waals surface area contributed by atoms with E-state index >= 15 is 0 Å². The highest BCUT2D eigenvalue weighted by atomic mass is 16.5. The summed E-state index contributed by atoms with van der Waals surface area (Å²) in [5, 5.41) is 3.29. The van der Waals surface area contributed by atoms with E-state index in [2.05, 4.69) is 12.2 Å². The number of hydrogen-bond acceptors (Lipinski definition) is 4. The molecule has 0 aliphatic rings. The van der Waals surface area contributed by atoms with Crippen molar-refractivity contribution in [2.75, 3.05) is 34.0 Å². The molecule has 0 fully saturated rings. The minimum atomic E-state index is 0.708. The minimum absolute atomic E-state index is 0.708. The molecule has 0 aliphatic carbocycles. The molecule has 0 unspecified atom stereocenters. The Morgan fingerprint density at radius 1 is 1.17 bits per heavy atom. The van der Waals surface area contributed by atoms with Crippen LogP contribution in [0.25, 0.3) is 0 Å². The topological polar surface area (TPSA) is 39.7 Å². The molecule has 0 amide bonds. The van der Waals surface area contributed by atoms with Gasteiger partial charge in [-0.1, -0.05) is 13.0 Å². The van der Waals surface area contributed by atoms with Crippen molar-refractivity contribution in [1.29, 1.82) is 0 Å². The quantitative estimate of drug-likeness (QED) is 0.685. The SMILES string of the molecule is CCCOc1ccc(CNCCOC)c(OC)c1. The van der Waals surface area contributed by atoms with E-state index in [1.807, 2.05) is 18.2 Å². The maximum Gasteiger partial charge on any atom is 0.127 e. The van der Waals surface area contributed by atoms with Crippen LogP contribution >= 0.6 is 0 Å². The van der Waals surface area contributed by atoms with Gasteiger partial charge >= 0.3 is 0 Å². The van der Waals surface area contributed by atoms with Gasteiger partial charge in [0, 0.05) is 31.8 Å². The molecule has 0 aliphatic heterocycles. The standard InChI is InChI=1S/C14H23NO3/c1-4-8-18-13-6-5-12(14(10-13)17-3)11-15-7-9-16-2/h5-6,10,15H,4,7-9,11H2,1-3H3. The lowest BCUT2D eigenvalue weighted by atomic mass is 10.2. The zero-order valence-corrected chi connectivity index (χ0v) is 11.5. The van der Waals surface area contributed by atoms with Crippen LogP contribution < -0.4 is 14.8 Å². The van der Waals surface area contributed by atoms with E-state index in [1.54, 1.807) is 14.2 Å². The molecule has 18 heavy (non-hydrogen) atoms. The van der Waals surface area contributed by atoms with Gasteiger partial charge in [-0.25, -0.2) is 0 Å². The summed E-state index contributed by atoms with van der Waals surface area (Å²) in [7, 11) is 3.37. The Balaban J connectivity index is 2.56. The molecule has 1 rings (SSSR count). The Labute approximate surface area is 109 Å². The van der Waals surface area contributed by atoms with E-state index in [4.69, 9.17) is 14.2 Å². The fraction of sp³-hybridized carbons (Fsp3) is 0.571. The van der Waals surface area contributed by atoms with E-state index < -0.39 is 0 Å². The molecule has 0 bridgehead atoms. The van der Waals surface area contributed by atoms with Gasteiger partial charge in [-0.15, -0.1) is 0 Å². The summed E-state index contributed by atoms with van der Waals surface area (Å²) in [6, 6.07) is 5.94. The molecule has 0 spiro atoms. The van der Waals surface area contributed by atoms with Gasteiger partial charge in [-0.3, -0.25) is 0 Å². The van der Waals surface area contributed by atoms with Gasteiger partial charge in [0.05, 0.1) is 20.3 Å². The summed E-state index contributed by atoms with van der Waals surface area (Å²) < 4.78 is 15.9. The summed E-state index contributed by atoms with van der Waals surface area (Å²) in [4.78, 5) is 0. The third kappa shape index (κ3) is 4.94. The van der Waals surface area contributed by atoms with Crippen molar-refractivity contribution in [2.45, 2.75) is 19.9 Å². The second-order valence-corrected chi connectivity index (χ2v) is 3.99. The van der Waals surface area contributed by atoms with Gasteiger partial charge in [-0.2, -0.15) is 0 Å². The molecule has 4 heteroatoms. The molecule has 102 valence electrons. The van der Waals surface area contributed by atoms with E-state index in [-0.39, 0.29) is 0 Å². The first-order valence-electron chi connectivity index (χ1n) is 6.31. The van der Waals surface area contributed by atoms with Gasteiger partial charge in [0.15, 0.2) is 0 Å². The van der Waals surface area contributed by atoms with E-state index in [0.29, 0.717) is 6.61 Å². The smallest absolute Gasteiger partial charge is 0.127 e. The lowest BCUT2D eigenvalue weighted by Gasteiger charge is -2.12. The molecule has 0 aromatic heterocycles. The summed E-state index contributed by atoms with van der Waals surface area (Å²) in [6.45, 7) is 5.12. The van der Waals surface area contributed by atoms with Crippen molar-refractivity contribution in [3.05, 3.63) is 23.8 Å². The van der Waals surface area contributed by atoms with Crippen molar-refractivity contribution in [3.8, 4) is 11.5 Å². The van der Waals surface area contributed by atoms with Crippen LogP contribution in [0, 0.1) is 0 Å². The Morgan fingerprint density at radius 3 is 2.67 bits per heavy atom. The van der Waals surface area contributed by atoms with Crippen LogP contribution in [0.2, 0.25) is 0 Å². The van der Waals surface area contributed by atoms with Crippen LogP contribution in [0.1, 0.15) is 18.9 Å². The molecule has 1 aromatic carbocycles. The summed E-state index contributed by atoms with van der Waals surface area (Å²) in [6.07, 6.45) is 1.00. The Morgan fingerprint density at radius 2 is 2.00 bits per heavy atom. The second-order valence-electron chi connectivity index (χ2n) is 3.99. The fourth-order valence-electron chi connectivity index (χ4n) is 1.58. The van der Waals surface area contributed by atoms with Gasteiger partial charge in [0.1, 0.15) is 11.5 Å². The molecule has 0 radical (unpaired) electrons. The van der Waals surface area contributed by atoms with E-state index in [9.17, 15) is 0 Å². The molecule has 0 saturated carbocycles. The predicted octanol–water partition coefficient (Wildman–Crippen LogP) is 2.22. The van der Waals surface area contributed by atoms with Crippen LogP contribution in [0.15, 0.2) is 18.2 Å². The first kappa shape index (κ1) is 14.8. The average Bonchev–Trinajstić information content (AvgIpc) is 2.42. The minimum Gasteiger partial charge on any atom is -0.496 e. The van der Waals surface area contributed by atoms with Crippen LogP contribution in [0.5, 0.6) is 11.5 Å². The van der Waals surface area contributed by atoms with E-state index in [1.165, 1.54) is 0 Å². The van der Waals surface area contributed by atoms with Crippen LogP contribution in [-0.4, -0.2) is 34.0 Å². The number of methoxy groups -OCH3 is 2. The van der Waals surface area contributed by atoms with Crippen LogP contribution in [0.3, 0.4) is 0 Å². The highest BCUT2D eigenvalue weighted by molar-refractivity contribution is 5.40. The van der Waals surface area contributed by atoms with Crippen molar-refractivity contribution in [2.24, 2.45) is 0 Å². The summed E-state index contributed by atoms with van der Waals surface area (Å²) in [5.41, 5.74) is 1.12. The summed E-state index contributed by atoms with van der Waals surface area (Å²) >= 11 is 0. The number of nitrogens with one attached hydrogen (secondary N) is 1. The number of ether oxygens (including phenoxy) is 3. The average molecular weight is 253 g/mol. The molecule has 1 N–H and O–H groups in total. The van der Waals surface area contributed by atoms with Crippen molar-refractivity contribution < 1.29 is 14.2 Å². The molecular weight excluding hydrogens is 230 g/mol. The Kier molecular flexibility index (Phi) is 7.22. The van der Waals surface area contributed by atoms with E-state index in [0.717, 1.165) is 43.2 Å². The third-order valence-electron chi connectivity index (χ3n) is 2.53. The highest BCUT2D eigenvalue weighted by Gasteiger charge is 2.04. The Hall–Kier alpha value is -1.26. The maximum atomic E-state index is 5.58. The molecule has 0 heterocycles. The van der Waals surface area contributed by atoms with Gasteiger partial charge in [0.25, 0.3) is 0 Å². The monoisotopic (exact) mass is 253 g/mol. The first-order chi connectivity index (χ1) is 8.81. The lowest BCUT2D eigenvalue weighted by molar-refractivity contribution is 0.199. The zero-order chi connectivity index (χ0) is 13.2. The number of rotatable bonds is 9. The number of benzene rings is 1. The molecule has 4 nitrogen and oxygen atoms in total. The zero-order valence-electron chi connectivity index (χ0n) is 11.5. The fourth-order valence-corrected chi connectivity index (χ4v) is 1.58. The first-order valence-corrected chi connectivity index (χ1v) is 6.31. The largest absolute Gasteiger partial charge is 0.496 e. The molecular formula is C14H23NO3. The van der Waals surface area contributed by atoms with Crippen LogP contribution in [0.4, 0.5) is 0 Å². The van der Waals surface area contributed by atoms with Crippen LogP contribution in [-0.2, 0) is 11.3 Å². The number of hydrogen-bond donors (Lipinski definition) is 1. The van der Waals surface area contributed by atoms with Crippen molar-refractivity contribution in [1.82, 2.24) is 5.32 Å². The third-order valence-corrected chi connectivity index (χ3v) is 2.53. The van der Waals surface area contributed by atoms with Crippen molar-refractivity contribution >= 4 is 0 Å². The second kappa shape index (κ2) is 8.78. The maximum absolute atomic E-state index is 5.58. The lowest BCUT2D eigenvalue weighted by Crippen LogP contribution is -2.18. The van der Waals surface area contributed by atoms with Crippen molar-refractivity contribution in [3.63, 3.8) is 0 Å². The molecule has 0 saturated heterocycles. The molecule has 1 aromatic rings. The normalized spacial score (nSPS) is 10.4. The van der Waals surface area contributed by atoms with Gasteiger partial charge < -0.3 is 19.5 Å². The summed E-state index contributed by atoms with van der Waals surface area (Å²) in [5.74, 6) is 1.71. The van der Waals surface area contributed by atoms with Gasteiger partial charge in [0.2, 0.25) is 0 Å².